The van der Waals surface area contributed by atoms with Crippen LogP contribution in [0.25, 0.3) is 0 Å². The molecule has 4 aromatic carbocycles. The first-order valence-corrected chi connectivity index (χ1v) is 35.2. The van der Waals surface area contributed by atoms with Crippen molar-refractivity contribution in [2.75, 3.05) is 13.2 Å². The van der Waals surface area contributed by atoms with E-state index in [1.165, 1.54) is 0 Å². The number of carbonyl (C=O) groups excluding carboxylic acids is 8. The summed E-state index contributed by atoms with van der Waals surface area (Å²) in [4.78, 5) is 118. The van der Waals surface area contributed by atoms with E-state index in [0.717, 1.165) is 31.2 Å². The summed E-state index contributed by atoms with van der Waals surface area (Å²) in [7, 11) is 0. The zero-order valence-electron chi connectivity index (χ0n) is 57.8. The van der Waals surface area contributed by atoms with Crippen LogP contribution in [-0.2, 0) is 0 Å². The van der Waals surface area contributed by atoms with E-state index in [2.05, 4.69) is 84.1 Å². The number of fused-ring (bicyclic) bond motifs is 21. The lowest BCUT2D eigenvalue weighted by Gasteiger charge is -2.40. The lowest BCUT2D eigenvalue weighted by Crippen LogP contribution is -2.53. The smallest absolute Gasteiger partial charge is 0.255 e. The second kappa shape index (κ2) is 30.0. The first kappa shape index (κ1) is 69.9. The van der Waals surface area contributed by atoms with E-state index < -0.39 is 65.4 Å². The molecule has 4 aromatic rings. The molecule has 0 spiro atoms. The van der Waals surface area contributed by atoms with Crippen molar-refractivity contribution in [3.05, 3.63) is 121 Å². The molecule has 8 amide bonds. The third-order valence-electron chi connectivity index (χ3n) is 21.9. The van der Waals surface area contributed by atoms with Gasteiger partial charge in [0.2, 0.25) is 0 Å². The van der Waals surface area contributed by atoms with Crippen molar-refractivity contribution < 1.29 is 52.9 Å². The third kappa shape index (κ3) is 16.3. The molecule has 0 saturated heterocycles. The van der Waals surface area contributed by atoms with Crippen molar-refractivity contribution in [2.24, 2.45) is 47.3 Å². The van der Waals surface area contributed by atoms with Crippen LogP contribution in [0.1, 0.15) is 250 Å². The van der Waals surface area contributed by atoms with E-state index in [0.29, 0.717) is 92.0 Å². The molecule has 10 rings (SSSR count). The number of amides is 8. The average molecular weight is 1300 g/mol. The lowest BCUT2D eigenvalue weighted by molar-refractivity contribution is 0.0816. The van der Waals surface area contributed by atoms with Crippen LogP contribution in [0.15, 0.2) is 54.6 Å². The van der Waals surface area contributed by atoms with Gasteiger partial charge in [-0.2, -0.15) is 0 Å². The topological polar surface area (TPSA) is 271 Å². The molecular weight excluding hydrogens is 1200 g/mol. The Balaban J connectivity index is 1.03. The van der Waals surface area contributed by atoms with Gasteiger partial charge in [-0.15, -0.1) is 0 Å². The molecule has 2 heterocycles. The average Bonchev–Trinajstić information content (AvgIpc) is 0.815. The quantitative estimate of drug-likeness (QED) is 0.0799. The van der Waals surface area contributed by atoms with Gasteiger partial charge >= 0.3 is 0 Å². The van der Waals surface area contributed by atoms with Gasteiger partial charge < -0.3 is 57.1 Å². The molecule has 95 heavy (non-hydrogen) atoms. The first-order chi connectivity index (χ1) is 45.2. The highest BCUT2D eigenvalue weighted by atomic mass is 16.5. The number of rotatable bonds is 0. The Morgan fingerprint density at radius 3 is 0.758 bits per heavy atom. The normalized spacial score (nSPS) is 31.1. The standard InChI is InChI=1S/C76H102N8O11/c1-38-21-50-33-51(22-38)70(87)78-59-35-63(47(10)30-43(59)6)82-74(91)55-26-41(4)28-57-68(55)95-20-18-16-14-13-15-17-19-94-67-54(73(90)81-62-34-58(77-69(50)86)42(5)29-46(62)9)25-40(3)27-56(67)75(92)83-64-36-60(44(7)31-48(64)11)79-71(88)52-23-39(2)24-53(66(52)85)72(89)80-61-37-65(84-76(57)93)49(12)32-45(61)8/h21-28,33,42-49,58-65,85H,13-20,29-32,34-37H2,1-12H3,(H,77,86)(H,78,87)(H,79,88)(H,80,89)(H,81,90)(H,82,91)(H,83,92)(H,84,93). The number of benzene rings is 4. The van der Waals surface area contributed by atoms with Crippen LogP contribution in [0.5, 0.6) is 17.2 Å². The van der Waals surface area contributed by atoms with Gasteiger partial charge in [-0.25, -0.2) is 0 Å². The van der Waals surface area contributed by atoms with Crippen LogP contribution in [0.4, 0.5) is 0 Å². The number of ether oxygens (including phenoxy) is 2. The van der Waals surface area contributed by atoms with Crippen molar-refractivity contribution in [3.63, 3.8) is 0 Å². The van der Waals surface area contributed by atoms with Crippen molar-refractivity contribution in [1.29, 1.82) is 0 Å². The first-order valence-electron chi connectivity index (χ1n) is 35.2. The largest absolute Gasteiger partial charge is 0.506 e. The molecule has 0 aromatic heterocycles. The molecule has 14 bridgehead atoms. The molecule has 0 radical (unpaired) electrons. The van der Waals surface area contributed by atoms with Gasteiger partial charge in [0.05, 0.1) is 46.6 Å². The fourth-order valence-corrected chi connectivity index (χ4v) is 16.2. The van der Waals surface area contributed by atoms with Crippen LogP contribution < -0.4 is 52.0 Å². The molecule has 4 aliphatic carbocycles. The van der Waals surface area contributed by atoms with Gasteiger partial charge in [-0.1, -0.05) is 81.1 Å². The summed E-state index contributed by atoms with van der Waals surface area (Å²) in [5.74, 6) is -3.64. The Kier molecular flexibility index (Phi) is 22.1. The summed E-state index contributed by atoms with van der Waals surface area (Å²) in [6, 6.07) is 12.1. The molecule has 6 aliphatic rings. The number of hydrogen-bond donors (Lipinski definition) is 9. The molecular formula is C76H102N8O11. The Morgan fingerprint density at radius 1 is 0.284 bits per heavy atom. The van der Waals surface area contributed by atoms with Crippen molar-refractivity contribution in [3.8, 4) is 17.2 Å². The van der Waals surface area contributed by atoms with Gasteiger partial charge in [0.15, 0.2) is 0 Å². The summed E-state index contributed by atoms with van der Waals surface area (Å²) in [6.07, 6.45) is 8.77. The van der Waals surface area contributed by atoms with Gasteiger partial charge in [0, 0.05) is 59.5 Å². The maximum absolute atomic E-state index is 15.0. The van der Waals surface area contributed by atoms with Gasteiger partial charge in [0.1, 0.15) is 17.2 Å². The third-order valence-corrected chi connectivity index (χ3v) is 21.9. The zero-order chi connectivity index (χ0) is 68.3. The number of nitrogens with one attached hydrogen (secondary N) is 8. The molecule has 4 fully saturated rings. The molecule has 19 nitrogen and oxygen atoms in total. The summed E-state index contributed by atoms with van der Waals surface area (Å²) >= 11 is 0. The van der Waals surface area contributed by atoms with Crippen LogP contribution in [0.3, 0.4) is 0 Å². The van der Waals surface area contributed by atoms with E-state index >= 15 is 19.2 Å². The maximum atomic E-state index is 15.0. The van der Waals surface area contributed by atoms with E-state index in [1.807, 2.05) is 34.6 Å². The van der Waals surface area contributed by atoms with Crippen LogP contribution in [0, 0.1) is 75.0 Å². The van der Waals surface area contributed by atoms with Crippen LogP contribution in [-0.4, -0.2) is 114 Å². The zero-order valence-corrected chi connectivity index (χ0v) is 57.8. The minimum Gasteiger partial charge on any atom is -0.506 e. The number of carbonyl (C=O) groups is 8. The Bertz CT molecular complexity index is 3370. The van der Waals surface area contributed by atoms with Crippen LogP contribution >= 0.6 is 0 Å². The highest BCUT2D eigenvalue weighted by Gasteiger charge is 2.41. The molecule has 2 aliphatic heterocycles. The second-order valence-electron chi connectivity index (χ2n) is 29.8. The number of aryl methyl sites for hydroxylation is 4. The molecule has 16 atom stereocenters. The van der Waals surface area contributed by atoms with E-state index in [1.54, 1.807) is 61.5 Å². The number of phenolic OH excluding ortho intramolecular Hbond substituents is 1. The minimum absolute atomic E-state index is 0.0171. The number of hydrogen-bond acceptors (Lipinski definition) is 11. The Labute approximate surface area is 560 Å². The molecule has 19 heteroatoms. The second-order valence-corrected chi connectivity index (χ2v) is 29.8. The van der Waals surface area contributed by atoms with E-state index in [-0.39, 0.29) is 141 Å². The van der Waals surface area contributed by atoms with Gasteiger partial charge in [-0.05, 0) is 216 Å². The molecule has 16 unspecified atom stereocenters. The number of aromatic hydroxyl groups is 1. The fourth-order valence-electron chi connectivity index (χ4n) is 16.2. The van der Waals surface area contributed by atoms with Gasteiger partial charge in [-0.3, -0.25) is 38.4 Å². The molecule has 9 N–H and O–H groups in total. The lowest BCUT2D eigenvalue weighted by atomic mass is 9.76. The predicted octanol–water partition coefficient (Wildman–Crippen LogP) is 10.9. The monoisotopic (exact) mass is 1300 g/mol. The van der Waals surface area contributed by atoms with Gasteiger partial charge in [0.25, 0.3) is 47.3 Å². The highest BCUT2D eigenvalue weighted by molar-refractivity contribution is 6.07. The SMILES string of the molecule is Cc1cc2cc(c1)C(=O)NC1CC(NC(=O)c3cc(C)cc4c3OCCCCCCCCOc3c(cc(C)cc3C(=O)NC3CC(NC(=O)c5cc(C)cc(c5O)C(=O)NC5CC(NC4=O)C(C)CC5C)C(C)CC3C)C(=O)NC3CC(NC2=O)C(C)CC3C)C(C)CC1C. The van der Waals surface area contributed by atoms with Crippen LogP contribution in [0.2, 0.25) is 0 Å². The molecule has 4 saturated carbocycles. The van der Waals surface area contributed by atoms with Crippen molar-refractivity contribution in [2.45, 2.75) is 221 Å². The number of phenols is 1. The minimum atomic E-state index is -0.568. The Morgan fingerprint density at radius 2 is 0.495 bits per heavy atom. The van der Waals surface area contributed by atoms with E-state index in [9.17, 15) is 24.3 Å². The summed E-state index contributed by atoms with van der Waals surface area (Å²) in [5, 5.41) is 38.0. The summed E-state index contributed by atoms with van der Waals surface area (Å²) in [5.41, 5.74) is 3.98. The Hall–Kier alpha value is -7.96. The molecule has 512 valence electrons. The maximum Gasteiger partial charge on any atom is 0.255 e. The van der Waals surface area contributed by atoms with E-state index in [4.69, 9.17) is 9.47 Å². The fraction of sp³-hybridized carbons (Fsp3) is 0.579. The van der Waals surface area contributed by atoms with Crippen molar-refractivity contribution in [1.82, 2.24) is 42.5 Å². The van der Waals surface area contributed by atoms with Crippen molar-refractivity contribution >= 4 is 47.3 Å². The summed E-state index contributed by atoms with van der Waals surface area (Å²) < 4.78 is 13.3. The predicted molar refractivity (Wildman–Crippen MR) is 365 cm³/mol. The highest BCUT2D eigenvalue weighted by Crippen LogP contribution is 2.38. The summed E-state index contributed by atoms with van der Waals surface area (Å²) in [6.45, 7) is 24.3.